The minimum atomic E-state index is 0.743. The van der Waals surface area contributed by atoms with Crippen LogP contribution in [0.5, 0.6) is 0 Å². The Bertz CT molecular complexity index is 350. The first-order valence-corrected chi connectivity index (χ1v) is 6.21. The summed E-state index contributed by atoms with van der Waals surface area (Å²) in [7, 11) is 4.05. The Labute approximate surface area is 103 Å². The van der Waals surface area contributed by atoms with E-state index >= 15 is 0 Å². The maximum absolute atomic E-state index is 5.38. The van der Waals surface area contributed by atoms with E-state index in [1.165, 1.54) is 18.5 Å². The number of ether oxygens (including phenoxy) is 1. The van der Waals surface area contributed by atoms with Gasteiger partial charge in [0.1, 0.15) is 0 Å². The summed E-state index contributed by atoms with van der Waals surface area (Å²) in [6.45, 7) is 2.90. The standard InChI is InChI=1S/C13H21N3O/c1-14-12-7-13(9-15-8-12)16(2)10-11-3-5-17-6-4-11/h7-9,11,14H,3-6,10H2,1-2H3. The van der Waals surface area contributed by atoms with Gasteiger partial charge >= 0.3 is 0 Å². The van der Waals surface area contributed by atoms with Gasteiger partial charge in [-0.2, -0.15) is 0 Å². The summed E-state index contributed by atoms with van der Waals surface area (Å²) in [5.74, 6) is 0.743. The lowest BCUT2D eigenvalue weighted by atomic mass is 10.00. The Morgan fingerprint density at radius 1 is 1.41 bits per heavy atom. The molecule has 2 heterocycles. The van der Waals surface area contributed by atoms with Gasteiger partial charge in [0.25, 0.3) is 0 Å². The topological polar surface area (TPSA) is 37.4 Å². The Balaban J connectivity index is 1.95. The third-order valence-electron chi connectivity index (χ3n) is 3.33. The monoisotopic (exact) mass is 235 g/mol. The maximum Gasteiger partial charge on any atom is 0.0570 e. The number of hydrogen-bond donors (Lipinski definition) is 1. The van der Waals surface area contributed by atoms with Gasteiger partial charge in [-0.05, 0) is 24.8 Å². The van der Waals surface area contributed by atoms with Gasteiger partial charge in [0, 0.05) is 33.9 Å². The molecule has 0 radical (unpaired) electrons. The summed E-state index contributed by atoms with van der Waals surface area (Å²) in [6, 6.07) is 2.13. The summed E-state index contributed by atoms with van der Waals surface area (Å²) in [4.78, 5) is 6.52. The first kappa shape index (κ1) is 12.2. The maximum atomic E-state index is 5.38. The van der Waals surface area contributed by atoms with Gasteiger partial charge in [-0.3, -0.25) is 4.98 Å². The summed E-state index contributed by atoms with van der Waals surface area (Å²) in [6.07, 6.45) is 6.10. The number of nitrogens with zero attached hydrogens (tertiary/aromatic N) is 2. The predicted molar refractivity (Wildman–Crippen MR) is 70.6 cm³/mol. The minimum absolute atomic E-state index is 0.743. The predicted octanol–water partition coefficient (Wildman–Crippen LogP) is 1.99. The van der Waals surface area contributed by atoms with Crippen molar-refractivity contribution in [3.8, 4) is 0 Å². The first-order chi connectivity index (χ1) is 8.29. The average molecular weight is 235 g/mol. The van der Waals surface area contributed by atoms with E-state index in [0.29, 0.717) is 0 Å². The van der Waals surface area contributed by atoms with Crippen molar-refractivity contribution < 1.29 is 4.74 Å². The van der Waals surface area contributed by atoms with Gasteiger partial charge in [-0.15, -0.1) is 0 Å². The third kappa shape index (κ3) is 3.33. The Hall–Kier alpha value is -1.29. The molecule has 4 nitrogen and oxygen atoms in total. The van der Waals surface area contributed by atoms with E-state index in [2.05, 4.69) is 28.3 Å². The molecule has 0 bridgehead atoms. The lowest BCUT2D eigenvalue weighted by Gasteiger charge is -2.28. The second-order valence-corrected chi connectivity index (χ2v) is 4.62. The quantitative estimate of drug-likeness (QED) is 0.866. The molecule has 94 valence electrons. The Kier molecular flexibility index (Phi) is 4.20. The highest BCUT2D eigenvalue weighted by Gasteiger charge is 2.16. The molecule has 0 spiro atoms. The molecule has 0 atom stereocenters. The van der Waals surface area contributed by atoms with Crippen LogP contribution in [0.3, 0.4) is 0 Å². The molecule has 1 aromatic rings. The minimum Gasteiger partial charge on any atom is -0.387 e. The summed E-state index contributed by atoms with van der Waals surface area (Å²) in [5.41, 5.74) is 2.23. The summed E-state index contributed by atoms with van der Waals surface area (Å²) >= 11 is 0. The van der Waals surface area contributed by atoms with E-state index in [4.69, 9.17) is 4.74 Å². The van der Waals surface area contributed by atoms with Crippen LogP contribution in [0.2, 0.25) is 0 Å². The summed E-state index contributed by atoms with van der Waals surface area (Å²) < 4.78 is 5.38. The second kappa shape index (κ2) is 5.87. The zero-order chi connectivity index (χ0) is 12.1. The SMILES string of the molecule is CNc1cncc(N(C)CC2CCOCC2)c1. The van der Waals surface area contributed by atoms with Crippen LogP contribution in [0.25, 0.3) is 0 Å². The van der Waals surface area contributed by atoms with Crippen LogP contribution in [-0.4, -0.2) is 38.8 Å². The molecule has 0 aliphatic carbocycles. The third-order valence-corrected chi connectivity index (χ3v) is 3.33. The molecule has 4 heteroatoms. The van der Waals surface area contributed by atoms with Crippen LogP contribution in [0.15, 0.2) is 18.5 Å². The van der Waals surface area contributed by atoms with Crippen molar-refractivity contribution in [2.75, 3.05) is 44.1 Å². The molecule has 0 aromatic carbocycles. The summed E-state index contributed by atoms with van der Waals surface area (Å²) in [5, 5.41) is 3.12. The zero-order valence-corrected chi connectivity index (χ0v) is 10.6. The van der Waals surface area contributed by atoms with Gasteiger partial charge in [0.15, 0.2) is 0 Å². The molecule has 1 saturated heterocycles. The Morgan fingerprint density at radius 3 is 2.88 bits per heavy atom. The Morgan fingerprint density at radius 2 is 2.18 bits per heavy atom. The lowest BCUT2D eigenvalue weighted by molar-refractivity contribution is 0.0685. The van der Waals surface area contributed by atoms with Crippen molar-refractivity contribution in [1.29, 1.82) is 0 Å². The van der Waals surface area contributed by atoms with Gasteiger partial charge in [-0.25, -0.2) is 0 Å². The molecule has 0 unspecified atom stereocenters. The van der Waals surface area contributed by atoms with Crippen molar-refractivity contribution in [3.05, 3.63) is 18.5 Å². The highest BCUT2D eigenvalue weighted by molar-refractivity contribution is 5.54. The van der Waals surface area contributed by atoms with Crippen LogP contribution in [0.4, 0.5) is 11.4 Å². The van der Waals surface area contributed by atoms with Crippen molar-refractivity contribution >= 4 is 11.4 Å². The fraction of sp³-hybridized carbons (Fsp3) is 0.615. The number of hydrogen-bond acceptors (Lipinski definition) is 4. The van der Waals surface area contributed by atoms with Crippen LogP contribution in [0.1, 0.15) is 12.8 Å². The molecule has 0 saturated carbocycles. The number of nitrogens with one attached hydrogen (secondary N) is 1. The normalized spacial score (nSPS) is 16.8. The second-order valence-electron chi connectivity index (χ2n) is 4.62. The van der Waals surface area contributed by atoms with E-state index < -0.39 is 0 Å². The van der Waals surface area contributed by atoms with Crippen LogP contribution in [-0.2, 0) is 4.74 Å². The van der Waals surface area contributed by atoms with Gasteiger partial charge in [0.05, 0.1) is 23.8 Å². The largest absolute Gasteiger partial charge is 0.387 e. The molecular weight excluding hydrogens is 214 g/mol. The highest BCUT2D eigenvalue weighted by Crippen LogP contribution is 2.21. The highest BCUT2D eigenvalue weighted by atomic mass is 16.5. The number of rotatable bonds is 4. The molecule has 1 aromatic heterocycles. The number of anilines is 2. The smallest absolute Gasteiger partial charge is 0.0570 e. The van der Waals surface area contributed by atoms with Gasteiger partial charge in [-0.1, -0.05) is 0 Å². The van der Waals surface area contributed by atoms with Crippen LogP contribution in [0, 0.1) is 5.92 Å². The fourth-order valence-corrected chi connectivity index (χ4v) is 2.19. The molecule has 1 aliphatic heterocycles. The fourth-order valence-electron chi connectivity index (χ4n) is 2.19. The first-order valence-electron chi connectivity index (χ1n) is 6.21. The lowest BCUT2D eigenvalue weighted by Crippen LogP contribution is -2.29. The van der Waals surface area contributed by atoms with Gasteiger partial charge in [0.2, 0.25) is 0 Å². The van der Waals surface area contributed by atoms with E-state index in [0.717, 1.165) is 31.4 Å². The van der Waals surface area contributed by atoms with Crippen molar-refractivity contribution in [2.24, 2.45) is 5.92 Å². The molecule has 1 N–H and O–H groups in total. The molecule has 17 heavy (non-hydrogen) atoms. The average Bonchev–Trinajstić information content (AvgIpc) is 2.40. The van der Waals surface area contributed by atoms with E-state index in [1.54, 1.807) is 0 Å². The number of aromatic nitrogens is 1. The van der Waals surface area contributed by atoms with E-state index in [1.807, 2.05) is 19.4 Å². The van der Waals surface area contributed by atoms with Gasteiger partial charge < -0.3 is 15.0 Å². The molecule has 0 amide bonds. The molecule has 1 fully saturated rings. The van der Waals surface area contributed by atoms with Crippen molar-refractivity contribution in [3.63, 3.8) is 0 Å². The van der Waals surface area contributed by atoms with Crippen molar-refractivity contribution in [1.82, 2.24) is 4.98 Å². The van der Waals surface area contributed by atoms with Crippen LogP contribution >= 0.6 is 0 Å². The molecule has 2 rings (SSSR count). The number of pyridine rings is 1. The van der Waals surface area contributed by atoms with E-state index in [-0.39, 0.29) is 0 Å². The van der Waals surface area contributed by atoms with Crippen molar-refractivity contribution in [2.45, 2.75) is 12.8 Å². The van der Waals surface area contributed by atoms with E-state index in [9.17, 15) is 0 Å². The van der Waals surface area contributed by atoms with Crippen LogP contribution < -0.4 is 10.2 Å². The zero-order valence-electron chi connectivity index (χ0n) is 10.6. The molecular formula is C13H21N3O. The molecule has 1 aliphatic rings.